The Hall–Kier alpha value is -1.74. The predicted octanol–water partition coefficient (Wildman–Crippen LogP) is 3.78. The maximum absolute atomic E-state index is 5.82. The van der Waals surface area contributed by atoms with Crippen molar-refractivity contribution in [3.63, 3.8) is 0 Å². The van der Waals surface area contributed by atoms with Crippen LogP contribution in [0.4, 0.5) is 0 Å². The molecule has 2 aromatic rings. The second-order valence-corrected chi connectivity index (χ2v) is 4.78. The van der Waals surface area contributed by atoms with Crippen LogP contribution in [0.3, 0.4) is 0 Å². The van der Waals surface area contributed by atoms with Gasteiger partial charge in [-0.2, -0.15) is 0 Å². The van der Waals surface area contributed by atoms with Crippen LogP contribution >= 0.6 is 0 Å². The molecule has 2 heterocycles. The molecular formula is C16H19NO2. The summed E-state index contributed by atoms with van der Waals surface area (Å²) in [5.41, 5.74) is 2.09. The number of rotatable bonds is 4. The molecule has 1 unspecified atom stereocenters. The molecule has 1 aromatic heterocycles. The molecule has 100 valence electrons. The van der Waals surface area contributed by atoms with Crippen molar-refractivity contribution in [1.82, 2.24) is 5.32 Å². The Morgan fingerprint density at radius 1 is 1.32 bits per heavy atom. The third-order valence-electron chi connectivity index (χ3n) is 3.48. The van der Waals surface area contributed by atoms with Gasteiger partial charge in [0.2, 0.25) is 0 Å². The number of nitrogens with one attached hydrogen (secondary N) is 1. The van der Waals surface area contributed by atoms with Crippen LogP contribution < -0.4 is 5.32 Å². The summed E-state index contributed by atoms with van der Waals surface area (Å²) in [4.78, 5) is 0. The Kier molecular flexibility index (Phi) is 3.56. The van der Waals surface area contributed by atoms with Gasteiger partial charge in [0.1, 0.15) is 11.3 Å². The topological polar surface area (TPSA) is 34.4 Å². The average molecular weight is 257 g/mol. The summed E-state index contributed by atoms with van der Waals surface area (Å²) in [5, 5.41) is 4.65. The molecule has 1 aliphatic rings. The summed E-state index contributed by atoms with van der Waals surface area (Å²) in [6, 6.07) is 8.23. The van der Waals surface area contributed by atoms with Crippen LogP contribution in [0.5, 0.6) is 0 Å². The highest BCUT2D eigenvalue weighted by Gasteiger charge is 2.22. The Morgan fingerprint density at radius 3 is 3.00 bits per heavy atom. The monoisotopic (exact) mass is 257 g/mol. The Morgan fingerprint density at radius 2 is 2.21 bits per heavy atom. The first kappa shape index (κ1) is 12.3. The van der Waals surface area contributed by atoms with Crippen LogP contribution in [-0.4, -0.2) is 13.2 Å². The number of hydrogen-bond donors (Lipinski definition) is 1. The zero-order valence-corrected chi connectivity index (χ0v) is 11.2. The zero-order valence-electron chi connectivity index (χ0n) is 11.2. The summed E-state index contributed by atoms with van der Waals surface area (Å²) in [5.74, 6) is 1.03. The molecule has 19 heavy (non-hydrogen) atoms. The normalized spacial score (nSPS) is 17.0. The van der Waals surface area contributed by atoms with Gasteiger partial charge in [0.25, 0.3) is 0 Å². The minimum atomic E-state index is 0.0916. The Balaban J connectivity index is 2.01. The number of para-hydroxylation sites is 1. The van der Waals surface area contributed by atoms with Crippen LogP contribution in [0.15, 0.2) is 46.8 Å². The van der Waals surface area contributed by atoms with E-state index in [-0.39, 0.29) is 6.04 Å². The largest absolute Gasteiger partial charge is 0.496 e. The first-order valence-corrected chi connectivity index (χ1v) is 6.92. The van der Waals surface area contributed by atoms with Crippen molar-refractivity contribution in [3.8, 4) is 0 Å². The maximum Gasteiger partial charge on any atom is 0.134 e. The highest BCUT2D eigenvalue weighted by atomic mass is 16.5. The van der Waals surface area contributed by atoms with Gasteiger partial charge in [0.05, 0.1) is 18.9 Å². The highest BCUT2D eigenvalue weighted by Crippen LogP contribution is 2.32. The van der Waals surface area contributed by atoms with E-state index >= 15 is 0 Å². The van der Waals surface area contributed by atoms with Crippen molar-refractivity contribution in [2.45, 2.75) is 25.8 Å². The number of fused-ring (bicyclic) bond motifs is 1. The Labute approximate surface area is 113 Å². The lowest BCUT2D eigenvalue weighted by Crippen LogP contribution is -2.25. The fourth-order valence-electron chi connectivity index (χ4n) is 2.57. The molecule has 3 nitrogen and oxygen atoms in total. The van der Waals surface area contributed by atoms with E-state index in [0.717, 1.165) is 48.3 Å². The quantitative estimate of drug-likeness (QED) is 0.905. The third kappa shape index (κ3) is 2.38. The summed E-state index contributed by atoms with van der Waals surface area (Å²) in [6.07, 6.45) is 6.23. The van der Waals surface area contributed by atoms with Gasteiger partial charge in [0.15, 0.2) is 0 Å². The zero-order chi connectivity index (χ0) is 13.1. The Bertz CT molecular complexity index is 585. The summed E-state index contributed by atoms with van der Waals surface area (Å²) in [6.45, 7) is 3.81. The molecule has 0 amide bonds. The molecule has 0 radical (unpaired) electrons. The third-order valence-corrected chi connectivity index (χ3v) is 3.48. The summed E-state index contributed by atoms with van der Waals surface area (Å²) in [7, 11) is 0. The van der Waals surface area contributed by atoms with E-state index < -0.39 is 0 Å². The summed E-state index contributed by atoms with van der Waals surface area (Å²) < 4.78 is 11.5. The molecule has 0 spiro atoms. The minimum Gasteiger partial charge on any atom is -0.496 e. The van der Waals surface area contributed by atoms with Gasteiger partial charge in [0, 0.05) is 10.9 Å². The van der Waals surface area contributed by atoms with E-state index in [1.807, 2.05) is 24.5 Å². The minimum absolute atomic E-state index is 0.0916. The molecule has 0 saturated carbocycles. The number of allylic oxidation sites excluding steroid dienone is 1. The van der Waals surface area contributed by atoms with Crippen LogP contribution in [0.25, 0.3) is 11.0 Å². The van der Waals surface area contributed by atoms with E-state index in [9.17, 15) is 0 Å². The van der Waals surface area contributed by atoms with E-state index in [4.69, 9.17) is 9.15 Å². The van der Waals surface area contributed by atoms with Crippen molar-refractivity contribution in [2.24, 2.45) is 0 Å². The highest BCUT2D eigenvalue weighted by molar-refractivity contribution is 5.81. The fourth-order valence-corrected chi connectivity index (χ4v) is 2.57. The predicted molar refractivity (Wildman–Crippen MR) is 75.9 cm³/mol. The van der Waals surface area contributed by atoms with E-state index in [1.54, 1.807) is 0 Å². The standard InChI is InChI=1S/C16H19NO2/c1-2-17-16(15-9-5-6-10-18-15)13-11-19-14-8-4-3-7-12(13)14/h3-4,7-9,11,16-17H,2,5-6,10H2,1H3. The van der Waals surface area contributed by atoms with E-state index in [2.05, 4.69) is 24.4 Å². The van der Waals surface area contributed by atoms with Gasteiger partial charge in [-0.15, -0.1) is 0 Å². The molecule has 3 heteroatoms. The number of likely N-dealkylation sites (N-methyl/N-ethyl adjacent to an activating group) is 1. The molecule has 1 aliphatic heterocycles. The van der Waals surface area contributed by atoms with Crippen molar-refractivity contribution in [1.29, 1.82) is 0 Å². The van der Waals surface area contributed by atoms with Crippen molar-refractivity contribution in [3.05, 3.63) is 47.9 Å². The van der Waals surface area contributed by atoms with Gasteiger partial charge in [-0.3, -0.25) is 0 Å². The van der Waals surface area contributed by atoms with Crippen LogP contribution in [0, 0.1) is 0 Å². The van der Waals surface area contributed by atoms with E-state index in [0.29, 0.717) is 0 Å². The van der Waals surface area contributed by atoms with Crippen molar-refractivity contribution in [2.75, 3.05) is 13.2 Å². The lowest BCUT2D eigenvalue weighted by Gasteiger charge is -2.24. The number of ether oxygens (including phenoxy) is 1. The molecule has 0 bridgehead atoms. The molecule has 0 fully saturated rings. The van der Waals surface area contributed by atoms with Gasteiger partial charge in [-0.05, 0) is 31.5 Å². The fraction of sp³-hybridized carbons (Fsp3) is 0.375. The molecule has 0 aliphatic carbocycles. The lowest BCUT2D eigenvalue weighted by molar-refractivity contribution is 0.168. The molecule has 0 saturated heterocycles. The second-order valence-electron chi connectivity index (χ2n) is 4.78. The maximum atomic E-state index is 5.82. The van der Waals surface area contributed by atoms with Crippen LogP contribution in [-0.2, 0) is 4.74 Å². The van der Waals surface area contributed by atoms with Gasteiger partial charge in [-0.1, -0.05) is 25.1 Å². The SMILES string of the molecule is CCNC(C1=CCCCO1)c1coc2ccccc12. The molecule has 3 rings (SSSR count). The smallest absolute Gasteiger partial charge is 0.134 e. The van der Waals surface area contributed by atoms with E-state index in [1.165, 1.54) is 0 Å². The number of furan rings is 1. The van der Waals surface area contributed by atoms with Crippen molar-refractivity contribution < 1.29 is 9.15 Å². The average Bonchev–Trinajstić information content (AvgIpc) is 2.89. The molecule has 1 aromatic carbocycles. The van der Waals surface area contributed by atoms with Gasteiger partial charge >= 0.3 is 0 Å². The van der Waals surface area contributed by atoms with Crippen LogP contribution in [0.2, 0.25) is 0 Å². The molecular weight excluding hydrogens is 238 g/mol. The lowest BCUT2D eigenvalue weighted by atomic mass is 10.0. The first-order valence-electron chi connectivity index (χ1n) is 6.92. The van der Waals surface area contributed by atoms with Gasteiger partial charge in [-0.25, -0.2) is 0 Å². The van der Waals surface area contributed by atoms with Crippen molar-refractivity contribution >= 4 is 11.0 Å². The van der Waals surface area contributed by atoms with Crippen LogP contribution in [0.1, 0.15) is 31.4 Å². The number of benzene rings is 1. The molecule has 1 atom stereocenters. The summed E-state index contributed by atoms with van der Waals surface area (Å²) >= 11 is 0. The first-order chi connectivity index (χ1) is 9.40. The number of hydrogen-bond acceptors (Lipinski definition) is 3. The van der Waals surface area contributed by atoms with Gasteiger partial charge < -0.3 is 14.5 Å². The second kappa shape index (κ2) is 5.49. The molecule has 1 N–H and O–H groups in total.